The van der Waals surface area contributed by atoms with E-state index in [-0.39, 0.29) is 5.91 Å². The number of aromatic nitrogens is 2. The fraction of sp³-hybridized carbons (Fsp3) is 0.444. The second-order valence-electron chi connectivity index (χ2n) is 6.30. The molecular formula is C18H24N4O. The van der Waals surface area contributed by atoms with Crippen LogP contribution in [-0.4, -0.2) is 47.2 Å². The van der Waals surface area contributed by atoms with Crippen molar-refractivity contribution in [1.82, 2.24) is 15.1 Å². The second-order valence-corrected chi connectivity index (χ2v) is 6.30. The number of carbonyl (C=O) groups excluding carboxylic acids is 1. The van der Waals surface area contributed by atoms with Crippen molar-refractivity contribution < 1.29 is 4.79 Å². The number of H-pyrrole nitrogens is 1. The number of hydrogen-bond acceptors (Lipinski definition) is 3. The molecule has 3 rings (SSSR count). The molecule has 1 fully saturated rings. The molecule has 2 aromatic rings. The summed E-state index contributed by atoms with van der Waals surface area (Å²) in [4.78, 5) is 16.9. The Labute approximate surface area is 137 Å². The fourth-order valence-electron chi connectivity index (χ4n) is 3.14. The van der Waals surface area contributed by atoms with Crippen LogP contribution in [0.15, 0.2) is 24.3 Å². The van der Waals surface area contributed by atoms with Crippen molar-refractivity contribution in [1.29, 1.82) is 0 Å². The first-order valence-corrected chi connectivity index (χ1v) is 8.14. The molecule has 0 saturated carbocycles. The molecule has 1 aromatic heterocycles. The lowest BCUT2D eigenvalue weighted by atomic mass is 10.1. The zero-order chi connectivity index (χ0) is 16.4. The lowest BCUT2D eigenvalue weighted by Gasteiger charge is -2.36. The van der Waals surface area contributed by atoms with Crippen LogP contribution in [0.3, 0.4) is 0 Å². The molecule has 1 saturated heterocycles. The smallest absolute Gasteiger partial charge is 0.227 e. The molecular weight excluding hydrogens is 288 g/mol. The van der Waals surface area contributed by atoms with Crippen LogP contribution in [0.1, 0.15) is 22.5 Å². The van der Waals surface area contributed by atoms with Gasteiger partial charge < -0.3 is 9.80 Å². The maximum absolute atomic E-state index is 12.5. The number of piperazine rings is 1. The summed E-state index contributed by atoms with van der Waals surface area (Å²) in [6.07, 6.45) is 0.443. The highest BCUT2D eigenvalue weighted by Crippen LogP contribution is 2.18. The standard InChI is InChI=1S/C18H24N4O/c1-13-5-4-6-16(11-13)21-7-9-22(10-8-21)18(23)12-17-14(2)19-20-15(17)3/h4-6,11H,7-10,12H2,1-3H3,(H,19,20). The van der Waals surface area contributed by atoms with E-state index in [1.54, 1.807) is 0 Å². The first kappa shape index (κ1) is 15.6. The van der Waals surface area contributed by atoms with Crippen molar-refractivity contribution >= 4 is 11.6 Å². The van der Waals surface area contributed by atoms with Crippen LogP contribution in [-0.2, 0) is 11.2 Å². The Hall–Kier alpha value is -2.30. The average molecular weight is 312 g/mol. The van der Waals surface area contributed by atoms with Gasteiger partial charge in [-0.1, -0.05) is 12.1 Å². The largest absolute Gasteiger partial charge is 0.368 e. The first-order valence-electron chi connectivity index (χ1n) is 8.14. The van der Waals surface area contributed by atoms with Crippen LogP contribution in [0.25, 0.3) is 0 Å². The Morgan fingerprint density at radius 2 is 1.91 bits per heavy atom. The van der Waals surface area contributed by atoms with E-state index in [2.05, 4.69) is 46.3 Å². The van der Waals surface area contributed by atoms with Gasteiger partial charge in [-0.05, 0) is 38.5 Å². The van der Waals surface area contributed by atoms with Gasteiger partial charge in [0.25, 0.3) is 0 Å². The van der Waals surface area contributed by atoms with Crippen molar-refractivity contribution in [3.05, 3.63) is 46.8 Å². The molecule has 5 nitrogen and oxygen atoms in total. The maximum Gasteiger partial charge on any atom is 0.227 e. The Bertz CT molecular complexity index is 679. The highest BCUT2D eigenvalue weighted by molar-refractivity contribution is 5.79. The van der Waals surface area contributed by atoms with Crippen molar-refractivity contribution in [2.24, 2.45) is 0 Å². The van der Waals surface area contributed by atoms with Gasteiger partial charge in [0.15, 0.2) is 0 Å². The van der Waals surface area contributed by atoms with E-state index in [1.807, 2.05) is 18.7 Å². The van der Waals surface area contributed by atoms with E-state index in [4.69, 9.17) is 0 Å². The summed E-state index contributed by atoms with van der Waals surface area (Å²) in [6.45, 7) is 9.36. The number of nitrogens with one attached hydrogen (secondary N) is 1. The first-order chi connectivity index (χ1) is 11.0. The number of aromatic amines is 1. The third-order valence-corrected chi connectivity index (χ3v) is 4.61. The van der Waals surface area contributed by atoms with Gasteiger partial charge in [0.2, 0.25) is 5.91 Å². The maximum atomic E-state index is 12.5. The number of carbonyl (C=O) groups is 1. The molecule has 23 heavy (non-hydrogen) atoms. The summed E-state index contributed by atoms with van der Waals surface area (Å²) >= 11 is 0. The molecule has 1 amide bonds. The quantitative estimate of drug-likeness (QED) is 0.945. The molecule has 1 aliphatic rings. The number of rotatable bonds is 3. The lowest BCUT2D eigenvalue weighted by molar-refractivity contribution is -0.130. The van der Waals surface area contributed by atoms with Crippen molar-refractivity contribution in [3.8, 4) is 0 Å². The Morgan fingerprint density at radius 3 is 2.52 bits per heavy atom. The monoisotopic (exact) mass is 312 g/mol. The summed E-state index contributed by atoms with van der Waals surface area (Å²) in [5.74, 6) is 0.196. The molecule has 0 aliphatic carbocycles. The van der Waals surface area contributed by atoms with E-state index in [9.17, 15) is 4.79 Å². The van der Waals surface area contributed by atoms with Gasteiger partial charge in [0.1, 0.15) is 0 Å². The van der Waals surface area contributed by atoms with Gasteiger partial charge in [0.05, 0.1) is 12.1 Å². The Morgan fingerprint density at radius 1 is 1.17 bits per heavy atom. The number of benzene rings is 1. The summed E-state index contributed by atoms with van der Waals surface area (Å²) in [5, 5.41) is 7.12. The summed E-state index contributed by atoms with van der Waals surface area (Å²) in [5.41, 5.74) is 5.48. The fourth-order valence-corrected chi connectivity index (χ4v) is 3.14. The molecule has 1 aromatic carbocycles. The van der Waals surface area contributed by atoms with Crippen molar-refractivity contribution in [2.75, 3.05) is 31.1 Å². The minimum absolute atomic E-state index is 0.196. The van der Waals surface area contributed by atoms with Gasteiger partial charge >= 0.3 is 0 Å². The molecule has 122 valence electrons. The van der Waals surface area contributed by atoms with E-state index in [1.165, 1.54) is 11.3 Å². The van der Waals surface area contributed by atoms with E-state index in [0.29, 0.717) is 6.42 Å². The number of nitrogens with zero attached hydrogens (tertiary/aromatic N) is 3. The van der Waals surface area contributed by atoms with Gasteiger partial charge in [-0.15, -0.1) is 0 Å². The van der Waals surface area contributed by atoms with Crippen LogP contribution in [0.5, 0.6) is 0 Å². The molecule has 1 N–H and O–H groups in total. The van der Waals surface area contributed by atoms with Crippen LogP contribution in [0.2, 0.25) is 0 Å². The highest BCUT2D eigenvalue weighted by Gasteiger charge is 2.22. The van der Waals surface area contributed by atoms with Crippen LogP contribution < -0.4 is 4.90 Å². The number of amides is 1. The average Bonchev–Trinajstić information content (AvgIpc) is 2.87. The molecule has 0 atom stereocenters. The normalized spacial score (nSPS) is 15.1. The summed E-state index contributed by atoms with van der Waals surface area (Å²) < 4.78 is 0. The zero-order valence-corrected chi connectivity index (χ0v) is 14.1. The predicted molar refractivity (Wildman–Crippen MR) is 91.7 cm³/mol. The van der Waals surface area contributed by atoms with Crippen LogP contribution in [0, 0.1) is 20.8 Å². The van der Waals surface area contributed by atoms with E-state index >= 15 is 0 Å². The molecule has 1 aliphatic heterocycles. The number of hydrogen-bond donors (Lipinski definition) is 1. The van der Waals surface area contributed by atoms with Gasteiger partial charge in [-0.3, -0.25) is 9.89 Å². The van der Waals surface area contributed by atoms with Crippen molar-refractivity contribution in [2.45, 2.75) is 27.2 Å². The topological polar surface area (TPSA) is 52.2 Å². The zero-order valence-electron chi connectivity index (χ0n) is 14.1. The molecule has 5 heteroatoms. The SMILES string of the molecule is Cc1cccc(N2CCN(C(=O)Cc3c(C)n[nH]c3C)CC2)c1. The van der Waals surface area contributed by atoms with Gasteiger partial charge in [0, 0.05) is 43.1 Å². The lowest BCUT2D eigenvalue weighted by Crippen LogP contribution is -2.49. The Balaban J connectivity index is 1.59. The molecule has 0 bridgehead atoms. The van der Waals surface area contributed by atoms with Crippen LogP contribution in [0.4, 0.5) is 5.69 Å². The minimum atomic E-state index is 0.196. The second kappa shape index (κ2) is 6.44. The Kier molecular flexibility index (Phi) is 4.37. The minimum Gasteiger partial charge on any atom is -0.368 e. The highest BCUT2D eigenvalue weighted by atomic mass is 16.2. The summed E-state index contributed by atoms with van der Waals surface area (Å²) in [6, 6.07) is 8.55. The van der Waals surface area contributed by atoms with Gasteiger partial charge in [-0.2, -0.15) is 5.10 Å². The third kappa shape index (κ3) is 3.38. The number of anilines is 1. The van der Waals surface area contributed by atoms with Crippen LogP contribution >= 0.6 is 0 Å². The van der Waals surface area contributed by atoms with E-state index < -0.39 is 0 Å². The molecule has 0 spiro atoms. The number of aryl methyl sites for hydroxylation is 3. The van der Waals surface area contributed by atoms with Gasteiger partial charge in [-0.25, -0.2) is 0 Å². The molecule has 2 heterocycles. The van der Waals surface area contributed by atoms with Crippen molar-refractivity contribution in [3.63, 3.8) is 0 Å². The molecule has 0 unspecified atom stereocenters. The van der Waals surface area contributed by atoms with E-state index in [0.717, 1.165) is 43.1 Å². The predicted octanol–water partition coefficient (Wildman–Crippen LogP) is 2.23. The summed E-state index contributed by atoms with van der Waals surface area (Å²) in [7, 11) is 0. The molecule has 0 radical (unpaired) electrons. The third-order valence-electron chi connectivity index (χ3n) is 4.61.